The van der Waals surface area contributed by atoms with E-state index in [0.29, 0.717) is 30.3 Å². The highest BCUT2D eigenvalue weighted by Crippen LogP contribution is 2.14. The van der Waals surface area contributed by atoms with E-state index in [4.69, 9.17) is 0 Å². The molecular weight excluding hydrogens is 392 g/mol. The van der Waals surface area contributed by atoms with Gasteiger partial charge in [-0.1, -0.05) is 18.2 Å². The number of nitrogens with one attached hydrogen (secondary N) is 2. The molecule has 0 spiro atoms. The Bertz CT molecular complexity index is 1200. The van der Waals surface area contributed by atoms with Gasteiger partial charge in [-0.25, -0.2) is 19.3 Å². The van der Waals surface area contributed by atoms with Crippen molar-refractivity contribution in [1.29, 1.82) is 0 Å². The van der Waals surface area contributed by atoms with E-state index in [-0.39, 0.29) is 5.91 Å². The molecule has 0 bridgehead atoms. The summed E-state index contributed by atoms with van der Waals surface area (Å²) in [5, 5.41) is 14.9. The number of nitrogens with zero attached hydrogens (tertiary/aromatic N) is 6. The van der Waals surface area contributed by atoms with Crippen molar-refractivity contribution in [3.05, 3.63) is 77.6 Å². The summed E-state index contributed by atoms with van der Waals surface area (Å²) in [6, 6.07) is 13.6. The number of aryl methyl sites for hydroxylation is 2. The molecule has 1 amide bonds. The largest absolute Gasteiger partial charge is 0.368 e. The van der Waals surface area contributed by atoms with Crippen molar-refractivity contribution >= 4 is 11.7 Å². The van der Waals surface area contributed by atoms with Gasteiger partial charge in [0.2, 0.25) is 0 Å². The Morgan fingerprint density at radius 1 is 1.00 bits per heavy atom. The minimum Gasteiger partial charge on any atom is -0.368 e. The van der Waals surface area contributed by atoms with Crippen LogP contribution in [0.3, 0.4) is 0 Å². The zero-order chi connectivity index (χ0) is 21.8. The minimum atomic E-state index is -0.160. The van der Waals surface area contributed by atoms with Crippen molar-refractivity contribution in [3.63, 3.8) is 0 Å². The third-order valence-electron chi connectivity index (χ3n) is 4.85. The lowest BCUT2D eigenvalue weighted by atomic mass is 10.2. The Kier molecular flexibility index (Phi) is 5.74. The molecule has 0 aliphatic carbocycles. The number of carbonyl (C=O) groups is 1. The number of amides is 1. The average Bonchev–Trinajstić information content (AvgIpc) is 3.33. The van der Waals surface area contributed by atoms with E-state index >= 15 is 0 Å². The molecule has 0 unspecified atom stereocenters. The van der Waals surface area contributed by atoms with E-state index in [9.17, 15) is 4.79 Å². The molecule has 0 fully saturated rings. The Hall–Kier alpha value is -4.01. The molecule has 0 saturated carbocycles. The monoisotopic (exact) mass is 416 g/mol. The van der Waals surface area contributed by atoms with Gasteiger partial charge in [0.25, 0.3) is 5.91 Å². The van der Waals surface area contributed by atoms with E-state index in [0.717, 1.165) is 22.8 Å². The molecule has 0 aliphatic rings. The minimum absolute atomic E-state index is 0.160. The number of hydrogen-bond donors (Lipinski definition) is 2. The summed E-state index contributed by atoms with van der Waals surface area (Å²) in [6.45, 7) is 6.76. The zero-order valence-corrected chi connectivity index (χ0v) is 17.7. The lowest BCUT2D eigenvalue weighted by Crippen LogP contribution is -2.29. The summed E-state index contributed by atoms with van der Waals surface area (Å²) in [4.78, 5) is 21.1. The second-order valence-corrected chi connectivity index (χ2v) is 7.17. The molecule has 1 aromatic carbocycles. The molecule has 9 heteroatoms. The van der Waals surface area contributed by atoms with Gasteiger partial charge in [0.1, 0.15) is 12.1 Å². The van der Waals surface area contributed by atoms with Gasteiger partial charge >= 0.3 is 0 Å². The molecule has 2 N–H and O–H groups in total. The van der Waals surface area contributed by atoms with Gasteiger partial charge in [-0.3, -0.25) is 4.79 Å². The summed E-state index contributed by atoms with van der Waals surface area (Å²) in [6.07, 6.45) is 3.09. The first kappa shape index (κ1) is 20.3. The summed E-state index contributed by atoms with van der Waals surface area (Å²) >= 11 is 0. The van der Waals surface area contributed by atoms with Gasteiger partial charge in [0, 0.05) is 24.8 Å². The summed E-state index contributed by atoms with van der Waals surface area (Å²) in [5.41, 5.74) is 4.20. The molecule has 0 atom stereocenters. The quantitative estimate of drug-likeness (QED) is 0.449. The molecule has 31 heavy (non-hydrogen) atoms. The van der Waals surface area contributed by atoms with Crippen LogP contribution < -0.4 is 10.6 Å². The lowest BCUT2D eigenvalue weighted by molar-refractivity contribution is 0.0954. The zero-order valence-electron chi connectivity index (χ0n) is 17.7. The van der Waals surface area contributed by atoms with Gasteiger partial charge in [-0.05, 0) is 39.0 Å². The van der Waals surface area contributed by atoms with Crippen LogP contribution in [0.5, 0.6) is 0 Å². The molecule has 3 heterocycles. The summed E-state index contributed by atoms with van der Waals surface area (Å²) in [7, 11) is 0. The highest BCUT2D eigenvalue weighted by Gasteiger charge is 2.14. The fourth-order valence-corrected chi connectivity index (χ4v) is 3.34. The highest BCUT2D eigenvalue weighted by molar-refractivity contribution is 5.95. The molecule has 4 aromatic rings. The molecule has 0 aliphatic heterocycles. The first-order chi connectivity index (χ1) is 15.0. The molecule has 4 rings (SSSR count). The van der Waals surface area contributed by atoms with Crippen molar-refractivity contribution in [2.24, 2.45) is 0 Å². The Morgan fingerprint density at radius 2 is 1.81 bits per heavy atom. The third-order valence-corrected chi connectivity index (χ3v) is 4.85. The van der Waals surface area contributed by atoms with Crippen molar-refractivity contribution < 1.29 is 4.79 Å². The topological polar surface area (TPSA) is 103 Å². The normalized spacial score (nSPS) is 10.8. The van der Waals surface area contributed by atoms with Crippen LogP contribution in [-0.4, -0.2) is 48.5 Å². The maximum Gasteiger partial charge on any atom is 0.254 e. The van der Waals surface area contributed by atoms with Crippen molar-refractivity contribution in [2.75, 3.05) is 18.4 Å². The summed E-state index contributed by atoms with van der Waals surface area (Å²) in [5.74, 6) is 1.20. The average molecular weight is 416 g/mol. The predicted molar refractivity (Wildman–Crippen MR) is 118 cm³/mol. The van der Waals surface area contributed by atoms with E-state index in [1.807, 2.05) is 63.2 Å². The van der Waals surface area contributed by atoms with Crippen LogP contribution in [-0.2, 0) is 0 Å². The van der Waals surface area contributed by atoms with Crippen LogP contribution >= 0.6 is 0 Å². The van der Waals surface area contributed by atoms with Crippen LogP contribution in [0.4, 0.5) is 5.82 Å². The highest BCUT2D eigenvalue weighted by atomic mass is 16.1. The van der Waals surface area contributed by atoms with E-state index < -0.39 is 0 Å². The van der Waals surface area contributed by atoms with Crippen LogP contribution in [0.15, 0.2) is 55.0 Å². The lowest BCUT2D eigenvalue weighted by Gasteiger charge is -2.09. The number of para-hydroxylation sites is 1. The molecule has 0 saturated heterocycles. The van der Waals surface area contributed by atoms with Crippen molar-refractivity contribution in [3.8, 4) is 11.5 Å². The van der Waals surface area contributed by atoms with Crippen LogP contribution in [0.2, 0.25) is 0 Å². The second-order valence-electron chi connectivity index (χ2n) is 7.17. The van der Waals surface area contributed by atoms with E-state index in [1.54, 1.807) is 15.6 Å². The predicted octanol–water partition coefficient (Wildman–Crippen LogP) is 2.62. The number of carbonyl (C=O) groups excluding carboxylic acids is 1. The van der Waals surface area contributed by atoms with Gasteiger partial charge in [0.05, 0.1) is 28.8 Å². The standard InChI is InChI=1S/C22H24N8O/c1-15-11-16(2)29(28-15)21-12-20(25-14-26-21)23-9-10-24-22(31)19-13-27-30(17(19)3)18-7-5-4-6-8-18/h4-8,11-14H,9-10H2,1-3H3,(H,24,31)(H,23,25,26). The third kappa shape index (κ3) is 4.45. The van der Waals surface area contributed by atoms with Crippen LogP contribution in [0, 0.1) is 20.8 Å². The second kappa shape index (κ2) is 8.78. The number of rotatable bonds is 7. The fourth-order valence-electron chi connectivity index (χ4n) is 3.34. The SMILES string of the molecule is Cc1cc(C)n(-c2cc(NCCNC(=O)c3cnn(-c4ccccc4)c3C)ncn2)n1. The first-order valence-electron chi connectivity index (χ1n) is 10.0. The van der Waals surface area contributed by atoms with Gasteiger partial charge < -0.3 is 10.6 Å². The smallest absolute Gasteiger partial charge is 0.254 e. The molecule has 9 nitrogen and oxygen atoms in total. The molecular formula is C22H24N8O. The van der Waals surface area contributed by atoms with Crippen molar-refractivity contribution in [1.82, 2.24) is 34.8 Å². The Morgan fingerprint density at radius 3 is 2.55 bits per heavy atom. The Labute approximate surface area is 180 Å². The van der Waals surface area contributed by atoms with Gasteiger partial charge in [-0.2, -0.15) is 10.2 Å². The molecule has 0 radical (unpaired) electrons. The summed E-state index contributed by atoms with van der Waals surface area (Å²) < 4.78 is 3.53. The maximum absolute atomic E-state index is 12.6. The van der Waals surface area contributed by atoms with E-state index in [2.05, 4.69) is 30.8 Å². The molecule has 158 valence electrons. The van der Waals surface area contributed by atoms with Crippen LogP contribution in [0.25, 0.3) is 11.5 Å². The number of hydrogen-bond acceptors (Lipinski definition) is 6. The maximum atomic E-state index is 12.6. The van der Waals surface area contributed by atoms with Crippen LogP contribution in [0.1, 0.15) is 27.4 Å². The number of aromatic nitrogens is 6. The van der Waals surface area contributed by atoms with E-state index in [1.165, 1.54) is 6.33 Å². The first-order valence-corrected chi connectivity index (χ1v) is 10.0. The van der Waals surface area contributed by atoms with Crippen molar-refractivity contribution in [2.45, 2.75) is 20.8 Å². The Balaban J connectivity index is 1.33. The fraction of sp³-hybridized carbons (Fsp3) is 0.227. The van der Waals surface area contributed by atoms with Gasteiger partial charge in [-0.15, -0.1) is 0 Å². The van der Waals surface area contributed by atoms with Gasteiger partial charge in [0.15, 0.2) is 5.82 Å². The number of anilines is 1. The molecule has 3 aromatic heterocycles. The number of benzene rings is 1.